The molecule has 0 bridgehead atoms. The SMILES string of the molecule is CCNC(=NCCNc1nccc(C(F)(F)F)n1)NC1CCN(C(=O)OCC)CC1.I. The molecule has 176 valence electrons. The van der Waals surface area contributed by atoms with E-state index in [1.165, 1.54) is 0 Å². The molecule has 1 saturated heterocycles. The first-order chi connectivity index (χ1) is 14.3. The van der Waals surface area contributed by atoms with Crippen LogP contribution in [-0.4, -0.2) is 72.3 Å². The standard InChI is InChI=1S/C18H28F3N7O2.HI/c1-3-22-15(26-13-6-11-28(12-7-13)17(29)30-4-2)24-9-10-25-16-23-8-5-14(27-16)18(19,20)21;/h5,8,13H,3-4,6-7,9-12H2,1-2H3,(H2,22,24,26)(H,23,25,27);1H. The van der Waals surface area contributed by atoms with E-state index in [9.17, 15) is 18.0 Å². The molecule has 0 aliphatic carbocycles. The maximum Gasteiger partial charge on any atom is 0.433 e. The molecule has 1 fully saturated rings. The number of rotatable bonds is 7. The van der Waals surface area contributed by atoms with Gasteiger partial charge in [0, 0.05) is 38.4 Å². The summed E-state index contributed by atoms with van der Waals surface area (Å²) in [7, 11) is 0. The van der Waals surface area contributed by atoms with Crippen LogP contribution in [0, 0.1) is 0 Å². The van der Waals surface area contributed by atoms with Crippen molar-refractivity contribution in [1.29, 1.82) is 0 Å². The Kier molecular flexibility index (Phi) is 11.6. The number of halogens is 4. The van der Waals surface area contributed by atoms with E-state index < -0.39 is 11.9 Å². The minimum atomic E-state index is -4.51. The number of amides is 1. The Bertz CT molecular complexity index is 714. The Morgan fingerprint density at radius 3 is 2.65 bits per heavy atom. The number of anilines is 1. The summed E-state index contributed by atoms with van der Waals surface area (Å²) in [6, 6.07) is 0.984. The van der Waals surface area contributed by atoms with Crippen LogP contribution >= 0.6 is 24.0 Å². The molecule has 0 spiro atoms. The maximum atomic E-state index is 12.7. The van der Waals surface area contributed by atoms with Gasteiger partial charge >= 0.3 is 12.3 Å². The highest BCUT2D eigenvalue weighted by molar-refractivity contribution is 14.0. The monoisotopic (exact) mass is 559 g/mol. The molecule has 1 aliphatic heterocycles. The number of ether oxygens (including phenoxy) is 1. The Hall–Kier alpha value is -2.06. The van der Waals surface area contributed by atoms with Gasteiger partial charge in [-0.15, -0.1) is 24.0 Å². The largest absolute Gasteiger partial charge is 0.450 e. The Labute approximate surface area is 196 Å². The highest BCUT2D eigenvalue weighted by atomic mass is 127. The lowest BCUT2D eigenvalue weighted by Crippen LogP contribution is -2.50. The lowest BCUT2D eigenvalue weighted by Gasteiger charge is -2.32. The van der Waals surface area contributed by atoms with Crippen molar-refractivity contribution in [2.24, 2.45) is 4.99 Å². The summed E-state index contributed by atoms with van der Waals surface area (Å²) in [6.07, 6.45) is -2.21. The number of nitrogens with one attached hydrogen (secondary N) is 3. The number of aliphatic imine (C=N–C) groups is 1. The van der Waals surface area contributed by atoms with Crippen molar-refractivity contribution in [1.82, 2.24) is 25.5 Å². The number of hydrogen-bond donors (Lipinski definition) is 3. The van der Waals surface area contributed by atoms with E-state index >= 15 is 0 Å². The Morgan fingerprint density at radius 1 is 1.32 bits per heavy atom. The minimum absolute atomic E-state index is 0. The second kappa shape index (κ2) is 13.4. The summed E-state index contributed by atoms with van der Waals surface area (Å²) >= 11 is 0. The fourth-order valence-electron chi connectivity index (χ4n) is 2.87. The predicted molar refractivity (Wildman–Crippen MR) is 122 cm³/mol. The average Bonchev–Trinajstić information content (AvgIpc) is 2.71. The van der Waals surface area contributed by atoms with Crippen LogP contribution in [0.2, 0.25) is 0 Å². The molecule has 13 heteroatoms. The van der Waals surface area contributed by atoms with Gasteiger partial charge in [-0.05, 0) is 32.8 Å². The summed E-state index contributed by atoms with van der Waals surface area (Å²) in [5, 5.41) is 9.21. The van der Waals surface area contributed by atoms with Gasteiger partial charge in [-0.25, -0.2) is 14.8 Å². The van der Waals surface area contributed by atoms with Gasteiger partial charge in [0.25, 0.3) is 0 Å². The molecule has 0 radical (unpaired) electrons. The van der Waals surface area contributed by atoms with E-state index in [1.54, 1.807) is 11.8 Å². The van der Waals surface area contributed by atoms with E-state index in [4.69, 9.17) is 4.74 Å². The van der Waals surface area contributed by atoms with Crippen LogP contribution in [0.4, 0.5) is 23.9 Å². The minimum Gasteiger partial charge on any atom is -0.450 e. The third kappa shape index (κ3) is 9.31. The predicted octanol–water partition coefficient (Wildman–Crippen LogP) is 2.70. The van der Waals surface area contributed by atoms with Crippen LogP contribution < -0.4 is 16.0 Å². The van der Waals surface area contributed by atoms with Crippen LogP contribution in [-0.2, 0) is 10.9 Å². The van der Waals surface area contributed by atoms with Gasteiger partial charge in [-0.1, -0.05) is 0 Å². The molecule has 1 aromatic rings. The van der Waals surface area contributed by atoms with Gasteiger partial charge in [-0.2, -0.15) is 13.2 Å². The van der Waals surface area contributed by atoms with Crippen LogP contribution in [0.25, 0.3) is 0 Å². The van der Waals surface area contributed by atoms with E-state index in [0.29, 0.717) is 38.7 Å². The quantitative estimate of drug-likeness (QED) is 0.204. The number of carbonyl (C=O) groups excluding carboxylic acids is 1. The fourth-order valence-corrected chi connectivity index (χ4v) is 2.87. The molecule has 0 unspecified atom stereocenters. The first kappa shape index (κ1) is 27.0. The van der Waals surface area contributed by atoms with Gasteiger partial charge in [-0.3, -0.25) is 4.99 Å². The molecule has 0 aromatic carbocycles. The topological polar surface area (TPSA) is 104 Å². The summed E-state index contributed by atoms with van der Waals surface area (Å²) in [6.45, 7) is 6.53. The van der Waals surface area contributed by atoms with Gasteiger partial charge in [0.1, 0.15) is 5.69 Å². The molecule has 1 aliphatic rings. The highest BCUT2D eigenvalue weighted by Gasteiger charge is 2.32. The zero-order valence-corrected chi connectivity index (χ0v) is 19.9. The van der Waals surface area contributed by atoms with Crippen LogP contribution in [0.5, 0.6) is 0 Å². The van der Waals surface area contributed by atoms with Crippen molar-refractivity contribution in [2.75, 3.05) is 44.6 Å². The first-order valence-electron chi connectivity index (χ1n) is 9.94. The van der Waals surface area contributed by atoms with Crippen LogP contribution in [0.15, 0.2) is 17.3 Å². The van der Waals surface area contributed by atoms with E-state index in [1.807, 2.05) is 6.92 Å². The summed E-state index contributed by atoms with van der Waals surface area (Å²) < 4.78 is 43.1. The van der Waals surface area contributed by atoms with Gasteiger partial charge in [0.05, 0.1) is 13.2 Å². The summed E-state index contributed by atoms with van der Waals surface area (Å²) in [5.41, 5.74) is -0.993. The zero-order chi connectivity index (χ0) is 22.0. The summed E-state index contributed by atoms with van der Waals surface area (Å²) in [4.78, 5) is 25.1. The van der Waals surface area contributed by atoms with E-state index in [-0.39, 0.29) is 48.6 Å². The normalized spacial score (nSPS) is 15.1. The fraction of sp³-hybridized carbons (Fsp3) is 0.667. The molecule has 2 rings (SSSR count). The lowest BCUT2D eigenvalue weighted by atomic mass is 10.1. The molecule has 0 atom stereocenters. The first-order valence-corrected chi connectivity index (χ1v) is 9.94. The number of guanidine groups is 1. The van der Waals surface area contributed by atoms with Crippen molar-refractivity contribution in [3.05, 3.63) is 18.0 Å². The molecule has 31 heavy (non-hydrogen) atoms. The number of nitrogens with zero attached hydrogens (tertiary/aromatic N) is 4. The van der Waals surface area contributed by atoms with Crippen LogP contribution in [0.3, 0.4) is 0 Å². The van der Waals surface area contributed by atoms with Crippen molar-refractivity contribution < 1.29 is 22.7 Å². The van der Waals surface area contributed by atoms with Gasteiger partial charge in [0.15, 0.2) is 5.96 Å². The van der Waals surface area contributed by atoms with E-state index in [0.717, 1.165) is 25.1 Å². The Morgan fingerprint density at radius 2 is 2.03 bits per heavy atom. The lowest BCUT2D eigenvalue weighted by molar-refractivity contribution is -0.141. The molecule has 3 N–H and O–H groups in total. The van der Waals surface area contributed by atoms with Crippen molar-refractivity contribution in [2.45, 2.75) is 38.9 Å². The van der Waals surface area contributed by atoms with Crippen molar-refractivity contribution in [3.8, 4) is 0 Å². The number of aromatic nitrogens is 2. The van der Waals surface area contributed by atoms with Gasteiger partial charge < -0.3 is 25.6 Å². The van der Waals surface area contributed by atoms with Crippen LogP contribution in [0.1, 0.15) is 32.4 Å². The number of piperidine rings is 1. The maximum absolute atomic E-state index is 12.7. The molecule has 0 saturated carbocycles. The molecular formula is C18H29F3IN7O2. The molecule has 9 nitrogen and oxygen atoms in total. The van der Waals surface area contributed by atoms with Crippen molar-refractivity contribution in [3.63, 3.8) is 0 Å². The number of carbonyl (C=O) groups is 1. The average molecular weight is 559 g/mol. The van der Waals surface area contributed by atoms with Gasteiger partial charge in [0.2, 0.25) is 5.95 Å². The molecule has 1 aromatic heterocycles. The summed E-state index contributed by atoms with van der Waals surface area (Å²) in [5.74, 6) is 0.517. The number of hydrogen-bond acceptors (Lipinski definition) is 6. The van der Waals surface area contributed by atoms with Crippen molar-refractivity contribution >= 4 is 42.0 Å². The third-order valence-electron chi connectivity index (χ3n) is 4.32. The smallest absolute Gasteiger partial charge is 0.433 e. The third-order valence-corrected chi connectivity index (χ3v) is 4.32. The zero-order valence-electron chi connectivity index (χ0n) is 17.5. The van der Waals surface area contributed by atoms with E-state index in [2.05, 4.69) is 30.9 Å². The number of alkyl halides is 3. The highest BCUT2D eigenvalue weighted by Crippen LogP contribution is 2.27. The molecule has 1 amide bonds. The molecule has 2 heterocycles. The second-order valence-corrected chi connectivity index (χ2v) is 6.56. The Balaban J connectivity index is 0.00000480. The molecular weight excluding hydrogens is 530 g/mol. The second-order valence-electron chi connectivity index (χ2n) is 6.56. The number of likely N-dealkylation sites (tertiary alicyclic amines) is 1.